The molecule has 0 spiro atoms. The third-order valence-electron chi connectivity index (χ3n) is 4.43. The van der Waals surface area contributed by atoms with Gasteiger partial charge in [0, 0.05) is 5.25 Å². The van der Waals surface area contributed by atoms with Gasteiger partial charge in [0.1, 0.15) is 0 Å². The van der Waals surface area contributed by atoms with Gasteiger partial charge in [0.25, 0.3) is 0 Å². The Morgan fingerprint density at radius 1 is 1.00 bits per heavy atom. The molecule has 1 heterocycles. The second-order valence-electron chi connectivity index (χ2n) is 5.81. The van der Waals surface area contributed by atoms with Crippen molar-refractivity contribution >= 4 is 30.0 Å². The molecule has 0 N–H and O–H groups in total. The fourth-order valence-corrected chi connectivity index (χ4v) is 4.55. The number of hydrogen-bond donors (Lipinski definition) is 0. The van der Waals surface area contributed by atoms with Gasteiger partial charge in [0.05, 0.1) is 0 Å². The van der Waals surface area contributed by atoms with Crippen LogP contribution in [0, 0.1) is 0 Å². The molecule has 0 radical (unpaired) electrons. The summed E-state index contributed by atoms with van der Waals surface area (Å²) in [7, 11) is 0. The first-order chi connectivity index (χ1) is 10.8. The lowest BCUT2D eigenvalue weighted by Crippen LogP contribution is -2.23. The smallest absolute Gasteiger partial charge is 0.0382 e. The van der Waals surface area contributed by atoms with Crippen molar-refractivity contribution in [3.05, 3.63) is 87.2 Å². The summed E-state index contributed by atoms with van der Waals surface area (Å²) in [5.41, 5.74) is 4.13. The van der Waals surface area contributed by atoms with E-state index < -0.39 is 0 Å². The summed E-state index contributed by atoms with van der Waals surface area (Å²) in [5.74, 6) is 0. The van der Waals surface area contributed by atoms with Crippen LogP contribution in [0.5, 0.6) is 0 Å². The van der Waals surface area contributed by atoms with E-state index in [-0.39, 0.29) is 0 Å². The highest BCUT2D eigenvalue weighted by Crippen LogP contribution is 2.49. The van der Waals surface area contributed by atoms with Crippen LogP contribution in [-0.4, -0.2) is 0 Å². The van der Waals surface area contributed by atoms with Crippen LogP contribution in [-0.2, 0) is 0 Å². The van der Waals surface area contributed by atoms with Gasteiger partial charge in [0.2, 0.25) is 0 Å². The number of allylic oxidation sites excluding steroid dienone is 2. The van der Waals surface area contributed by atoms with Gasteiger partial charge >= 0.3 is 0 Å². The fraction of sp³-hybridized carbons (Fsp3) is 0.143. The molecule has 0 aromatic heterocycles. The van der Waals surface area contributed by atoms with Crippen LogP contribution in [0.4, 0.5) is 0 Å². The molecule has 0 bridgehead atoms. The van der Waals surface area contributed by atoms with E-state index in [9.17, 15) is 0 Å². The number of rotatable bonds is 2. The first-order valence-electron chi connectivity index (χ1n) is 7.71. The van der Waals surface area contributed by atoms with Crippen molar-refractivity contribution in [2.45, 2.75) is 18.1 Å². The van der Waals surface area contributed by atoms with Crippen molar-refractivity contribution in [2.24, 2.45) is 0 Å². The van der Waals surface area contributed by atoms with Crippen LogP contribution in [0.1, 0.15) is 29.2 Å². The summed E-state index contributed by atoms with van der Waals surface area (Å²) in [6.07, 6.45) is 8.85. The molecule has 0 saturated carbocycles. The Morgan fingerprint density at radius 3 is 2.55 bits per heavy atom. The predicted octanol–water partition coefficient (Wildman–Crippen LogP) is 4.43. The van der Waals surface area contributed by atoms with Crippen LogP contribution in [0.25, 0.3) is 18.2 Å². The number of thioether (sulfide) groups is 1. The van der Waals surface area contributed by atoms with Crippen LogP contribution in [0.3, 0.4) is 0 Å². The first-order valence-corrected chi connectivity index (χ1v) is 8.59. The predicted molar refractivity (Wildman–Crippen MR) is 97.7 cm³/mol. The molecule has 22 heavy (non-hydrogen) atoms. The molecule has 1 atom stereocenters. The third kappa shape index (κ3) is 2.46. The Hall–Kier alpha value is -1.99. The number of benzene rings is 2. The Morgan fingerprint density at radius 2 is 1.77 bits per heavy atom. The van der Waals surface area contributed by atoms with Gasteiger partial charge < -0.3 is 0 Å². The number of hydrogen-bond acceptors (Lipinski definition) is 1. The van der Waals surface area contributed by atoms with Gasteiger partial charge in [-0.2, -0.15) is 0 Å². The molecule has 1 aliphatic heterocycles. The summed E-state index contributed by atoms with van der Waals surface area (Å²) in [5, 5.41) is 3.28. The molecule has 2 aromatic rings. The van der Waals surface area contributed by atoms with Crippen molar-refractivity contribution in [3.8, 4) is 0 Å². The van der Waals surface area contributed by atoms with Crippen LogP contribution in [0.15, 0.2) is 65.6 Å². The minimum absolute atomic E-state index is 0.554. The minimum Gasteiger partial charge on any atom is -0.121 e. The summed E-state index contributed by atoms with van der Waals surface area (Å²) in [4.78, 5) is 1.54. The van der Waals surface area contributed by atoms with Crippen LogP contribution < -0.4 is 10.4 Å². The van der Waals surface area contributed by atoms with Crippen molar-refractivity contribution in [1.82, 2.24) is 0 Å². The molecule has 108 valence electrons. The van der Waals surface area contributed by atoms with Gasteiger partial charge in [-0.15, -0.1) is 11.8 Å². The van der Waals surface area contributed by atoms with Crippen molar-refractivity contribution in [3.63, 3.8) is 0 Å². The maximum absolute atomic E-state index is 3.83. The first kappa shape index (κ1) is 13.7. The van der Waals surface area contributed by atoms with E-state index in [1.807, 2.05) is 17.8 Å². The third-order valence-corrected chi connectivity index (χ3v) is 5.86. The Balaban J connectivity index is 1.64. The standard InChI is InChI=1S/C21H18S/c1-2-15-7-9-17(10-8-15)21-14-19-13-18-6-4-3-5-16(18)11-12-20(19)22-21/h2-11,13,21H,1,12,14H2. The maximum Gasteiger partial charge on any atom is 0.0382 e. The van der Waals surface area contributed by atoms with E-state index in [2.05, 4.69) is 67.3 Å². The monoisotopic (exact) mass is 302 g/mol. The van der Waals surface area contributed by atoms with E-state index in [1.165, 1.54) is 32.0 Å². The van der Waals surface area contributed by atoms with E-state index in [4.69, 9.17) is 0 Å². The molecule has 0 nitrogen and oxygen atoms in total. The zero-order chi connectivity index (χ0) is 14.9. The highest BCUT2D eigenvalue weighted by atomic mass is 32.2. The lowest BCUT2D eigenvalue weighted by molar-refractivity contribution is 0.966. The zero-order valence-electron chi connectivity index (χ0n) is 12.5. The molecular weight excluding hydrogens is 284 g/mol. The van der Waals surface area contributed by atoms with E-state index in [0.29, 0.717) is 5.25 Å². The topological polar surface area (TPSA) is 0 Å². The average Bonchev–Trinajstić information content (AvgIpc) is 2.89. The summed E-state index contributed by atoms with van der Waals surface area (Å²) < 4.78 is 0. The van der Waals surface area contributed by atoms with Gasteiger partial charge in [-0.05, 0) is 44.9 Å². The van der Waals surface area contributed by atoms with Gasteiger partial charge in [0.15, 0.2) is 0 Å². The van der Waals surface area contributed by atoms with E-state index in [1.54, 1.807) is 0 Å². The molecular formula is C21H18S. The summed E-state index contributed by atoms with van der Waals surface area (Å²) >= 11 is 2.04. The van der Waals surface area contributed by atoms with E-state index in [0.717, 1.165) is 12.8 Å². The molecule has 0 saturated heterocycles. The second-order valence-corrected chi connectivity index (χ2v) is 7.11. The van der Waals surface area contributed by atoms with Gasteiger partial charge in [-0.1, -0.05) is 73.3 Å². The Labute approximate surface area is 135 Å². The van der Waals surface area contributed by atoms with Gasteiger partial charge in [-0.3, -0.25) is 0 Å². The summed E-state index contributed by atoms with van der Waals surface area (Å²) in [6.45, 7) is 3.83. The quantitative estimate of drug-likeness (QED) is 0.791. The Kier molecular flexibility index (Phi) is 3.51. The summed E-state index contributed by atoms with van der Waals surface area (Å²) in [6, 6.07) is 17.5. The zero-order valence-corrected chi connectivity index (χ0v) is 13.3. The normalized spacial score (nSPS) is 19.5. The highest BCUT2D eigenvalue weighted by molar-refractivity contribution is 8.03. The SMILES string of the molecule is C=Cc1ccc(C2CC3=C(CC=c4ccccc4=C3)S2)cc1. The molecule has 1 heteroatoms. The van der Waals surface area contributed by atoms with Crippen molar-refractivity contribution < 1.29 is 0 Å². The molecule has 4 rings (SSSR count). The minimum atomic E-state index is 0.554. The molecule has 2 aromatic carbocycles. The lowest BCUT2D eigenvalue weighted by atomic mass is 10.0. The number of fused-ring (bicyclic) bond motifs is 1. The van der Waals surface area contributed by atoms with E-state index >= 15 is 0 Å². The largest absolute Gasteiger partial charge is 0.121 e. The molecule has 0 fully saturated rings. The van der Waals surface area contributed by atoms with Crippen LogP contribution >= 0.6 is 11.8 Å². The van der Waals surface area contributed by atoms with Crippen molar-refractivity contribution in [1.29, 1.82) is 0 Å². The highest BCUT2D eigenvalue weighted by Gasteiger charge is 2.25. The maximum atomic E-state index is 3.83. The molecule has 1 unspecified atom stereocenters. The van der Waals surface area contributed by atoms with Gasteiger partial charge in [-0.25, -0.2) is 0 Å². The Bertz CT molecular complexity index is 869. The molecule has 1 aliphatic carbocycles. The van der Waals surface area contributed by atoms with Crippen molar-refractivity contribution in [2.75, 3.05) is 0 Å². The lowest BCUT2D eigenvalue weighted by Gasteiger charge is -2.10. The molecule has 2 aliphatic rings. The fourth-order valence-electron chi connectivity index (χ4n) is 3.17. The second kappa shape index (κ2) is 5.66. The molecule has 0 amide bonds. The van der Waals surface area contributed by atoms with Crippen LogP contribution in [0.2, 0.25) is 0 Å². The average molecular weight is 302 g/mol.